The highest BCUT2D eigenvalue weighted by molar-refractivity contribution is 7.86. The Morgan fingerprint density at radius 1 is 1.17 bits per heavy atom. The zero-order valence-electron chi connectivity index (χ0n) is 13.9. The fourth-order valence-corrected chi connectivity index (χ4v) is 4.19. The van der Waals surface area contributed by atoms with Gasteiger partial charge in [-0.2, -0.15) is 22.0 Å². The van der Waals surface area contributed by atoms with Crippen molar-refractivity contribution < 1.29 is 12.9 Å². The van der Waals surface area contributed by atoms with E-state index in [9.17, 15) is 8.42 Å². The second-order valence-electron chi connectivity index (χ2n) is 6.09. The third-order valence-corrected chi connectivity index (χ3v) is 6.17. The molecule has 0 aliphatic carbocycles. The molecule has 8 heteroatoms. The molecule has 0 N–H and O–H groups in total. The Hall–Kier alpha value is -1.77. The molecule has 7 nitrogen and oxygen atoms in total. The van der Waals surface area contributed by atoms with Crippen LogP contribution >= 0.6 is 0 Å². The smallest absolute Gasteiger partial charge is 0.282 e. The largest absolute Gasteiger partial charge is 0.334 e. The summed E-state index contributed by atoms with van der Waals surface area (Å²) in [6.07, 6.45) is 3.48. The van der Waals surface area contributed by atoms with Crippen LogP contribution in [-0.2, 0) is 10.2 Å². The number of hydrogen-bond acceptors (Lipinski definition) is 5. The summed E-state index contributed by atoms with van der Waals surface area (Å²) in [4.78, 5) is 4.47. The first-order valence-corrected chi connectivity index (χ1v) is 9.48. The lowest BCUT2D eigenvalue weighted by Gasteiger charge is -2.29. The molecule has 1 fully saturated rings. The zero-order valence-corrected chi connectivity index (χ0v) is 14.7. The van der Waals surface area contributed by atoms with E-state index < -0.39 is 10.2 Å². The van der Waals surface area contributed by atoms with E-state index in [4.69, 9.17) is 4.52 Å². The van der Waals surface area contributed by atoms with Crippen molar-refractivity contribution in [3.05, 3.63) is 36.2 Å². The highest BCUT2D eigenvalue weighted by Gasteiger charge is 2.36. The quantitative estimate of drug-likeness (QED) is 0.846. The first-order chi connectivity index (χ1) is 11.5. The van der Waals surface area contributed by atoms with Gasteiger partial charge in [-0.25, -0.2) is 0 Å². The van der Waals surface area contributed by atoms with Gasteiger partial charge in [-0.15, -0.1) is 0 Å². The van der Waals surface area contributed by atoms with Crippen molar-refractivity contribution in [2.75, 3.05) is 20.6 Å². The fourth-order valence-electron chi connectivity index (χ4n) is 2.89. The van der Waals surface area contributed by atoms with Crippen LogP contribution in [0.1, 0.15) is 37.5 Å². The summed E-state index contributed by atoms with van der Waals surface area (Å²) in [6, 6.07) is 9.09. The standard InChI is InChI=1S/C16H22N4O3S/c1-19(2)24(21,22)20-12-8-4-7-11-14(20)15-17-16(23-18-15)13-9-5-3-6-10-13/h3,5-6,9-10,14H,4,7-8,11-12H2,1-2H3/t14-/m0/s1. The molecule has 1 saturated heterocycles. The maximum absolute atomic E-state index is 12.7. The van der Waals surface area contributed by atoms with Crippen LogP contribution in [0.5, 0.6) is 0 Å². The lowest BCUT2D eigenvalue weighted by Crippen LogP contribution is -2.42. The Balaban J connectivity index is 1.94. The highest BCUT2D eigenvalue weighted by atomic mass is 32.2. The van der Waals surface area contributed by atoms with E-state index in [1.807, 2.05) is 30.3 Å². The predicted octanol–water partition coefficient (Wildman–Crippen LogP) is 2.46. The van der Waals surface area contributed by atoms with Gasteiger partial charge in [0.25, 0.3) is 16.1 Å². The maximum Gasteiger partial charge on any atom is 0.282 e. The summed E-state index contributed by atoms with van der Waals surface area (Å²) in [5.74, 6) is 0.846. The minimum absolute atomic E-state index is 0.388. The normalized spacial score (nSPS) is 20.2. The molecular formula is C16H22N4O3S. The third-order valence-electron chi connectivity index (χ3n) is 4.22. The summed E-state index contributed by atoms with van der Waals surface area (Å²) in [5, 5.41) is 4.07. The van der Waals surface area contributed by atoms with Crippen molar-refractivity contribution in [3.8, 4) is 11.5 Å². The van der Waals surface area contributed by atoms with Crippen LogP contribution in [0.4, 0.5) is 0 Å². The van der Waals surface area contributed by atoms with Crippen LogP contribution < -0.4 is 0 Å². The van der Waals surface area contributed by atoms with E-state index >= 15 is 0 Å². The summed E-state index contributed by atoms with van der Waals surface area (Å²) in [7, 11) is -0.442. The van der Waals surface area contributed by atoms with E-state index in [1.165, 1.54) is 8.61 Å². The second kappa shape index (κ2) is 7.00. The van der Waals surface area contributed by atoms with Crippen molar-refractivity contribution in [1.29, 1.82) is 0 Å². The number of nitrogens with zero attached hydrogens (tertiary/aromatic N) is 4. The summed E-state index contributed by atoms with van der Waals surface area (Å²) < 4.78 is 33.4. The molecule has 3 rings (SSSR count). The van der Waals surface area contributed by atoms with Crippen LogP contribution in [0.3, 0.4) is 0 Å². The average Bonchev–Trinajstić information content (AvgIpc) is 2.93. The Kier molecular flexibility index (Phi) is 4.98. The van der Waals surface area contributed by atoms with E-state index in [0.29, 0.717) is 24.7 Å². The van der Waals surface area contributed by atoms with Crippen molar-refractivity contribution in [2.45, 2.75) is 31.7 Å². The van der Waals surface area contributed by atoms with Crippen LogP contribution in [0, 0.1) is 0 Å². The van der Waals surface area contributed by atoms with E-state index in [0.717, 1.165) is 24.8 Å². The molecule has 1 aromatic heterocycles. The zero-order chi connectivity index (χ0) is 17.2. The molecule has 24 heavy (non-hydrogen) atoms. The van der Waals surface area contributed by atoms with Crippen molar-refractivity contribution in [3.63, 3.8) is 0 Å². The number of aromatic nitrogens is 2. The molecule has 2 aromatic rings. The third kappa shape index (κ3) is 3.35. The van der Waals surface area contributed by atoms with Gasteiger partial charge in [-0.1, -0.05) is 36.2 Å². The molecule has 130 valence electrons. The Morgan fingerprint density at radius 3 is 2.62 bits per heavy atom. The molecule has 0 saturated carbocycles. The first kappa shape index (κ1) is 17.1. The van der Waals surface area contributed by atoms with Gasteiger partial charge in [0.05, 0.1) is 6.04 Å². The molecule has 0 spiro atoms. The summed E-state index contributed by atoms with van der Waals surface area (Å²) >= 11 is 0. The lowest BCUT2D eigenvalue weighted by atomic mass is 10.1. The number of hydrogen-bond donors (Lipinski definition) is 0. The van der Waals surface area contributed by atoms with Crippen LogP contribution in [0.15, 0.2) is 34.9 Å². The molecule has 0 bridgehead atoms. The SMILES string of the molecule is CN(C)S(=O)(=O)N1CCCCC[C@H]1c1noc(-c2ccccc2)n1. The Morgan fingerprint density at radius 2 is 1.92 bits per heavy atom. The van der Waals surface area contributed by atoms with Crippen LogP contribution in [0.2, 0.25) is 0 Å². The highest BCUT2D eigenvalue weighted by Crippen LogP contribution is 2.32. The van der Waals surface area contributed by atoms with Crippen LogP contribution in [-0.4, -0.2) is 47.8 Å². The number of benzene rings is 1. The molecule has 1 aliphatic heterocycles. The van der Waals surface area contributed by atoms with E-state index in [2.05, 4.69) is 10.1 Å². The molecular weight excluding hydrogens is 328 g/mol. The molecule has 0 radical (unpaired) electrons. The maximum atomic E-state index is 12.7. The van der Waals surface area contributed by atoms with Gasteiger partial charge in [-0.3, -0.25) is 0 Å². The van der Waals surface area contributed by atoms with Crippen molar-refractivity contribution in [1.82, 2.24) is 18.8 Å². The molecule has 0 unspecified atom stereocenters. The molecule has 2 heterocycles. The molecule has 1 aliphatic rings. The average molecular weight is 350 g/mol. The van der Waals surface area contributed by atoms with Gasteiger partial charge in [0.2, 0.25) is 0 Å². The van der Waals surface area contributed by atoms with Gasteiger partial charge in [0, 0.05) is 26.2 Å². The van der Waals surface area contributed by atoms with Gasteiger partial charge in [-0.05, 0) is 25.0 Å². The van der Waals surface area contributed by atoms with Crippen molar-refractivity contribution in [2.24, 2.45) is 0 Å². The fraction of sp³-hybridized carbons (Fsp3) is 0.500. The molecule has 1 aromatic carbocycles. The van der Waals surface area contributed by atoms with Gasteiger partial charge in [0.1, 0.15) is 0 Å². The number of rotatable bonds is 4. The monoisotopic (exact) mass is 350 g/mol. The Labute approximate surface area is 142 Å². The minimum Gasteiger partial charge on any atom is -0.334 e. The van der Waals surface area contributed by atoms with E-state index in [1.54, 1.807) is 14.1 Å². The summed E-state index contributed by atoms with van der Waals surface area (Å²) in [5.41, 5.74) is 0.826. The van der Waals surface area contributed by atoms with Gasteiger partial charge in [0.15, 0.2) is 5.82 Å². The van der Waals surface area contributed by atoms with Gasteiger partial charge >= 0.3 is 0 Å². The van der Waals surface area contributed by atoms with Crippen LogP contribution in [0.25, 0.3) is 11.5 Å². The Bertz CT molecular complexity index is 774. The molecule has 1 atom stereocenters. The predicted molar refractivity (Wildman–Crippen MR) is 90.3 cm³/mol. The van der Waals surface area contributed by atoms with Crippen molar-refractivity contribution >= 4 is 10.2 Å². The summed E-state index contributed by atoms with van der Waals surface area (Å²) in [6.45, 7) is 0.473. The second-order valence-corrected chi connectivity index (χ2v) is 8.18. The first-order valence-electron chi connectivity index (χ1n) is 8.08. The lowest BCUT2D eigenvalue weighted by molar-refractivity contribution is 0.288. The topological polar surface area (TPSA) is 79.5 Å². The van der Waals surface area contributed by atoms with Gasteiger partial charge < -0.3 is 4.52 Å². The minimum atomic E-state index is -3.53. The van der Waals surface area contributed by atoms with E-state index in [-0.39, 0.29) is 6.04 Å². The molecule has 0 amide bonds.